The van der Waals surface area contributed by atoms with Crippen molar-refractivity contribution in [2.24, 2.45) is 5.41 Å². The molecule has 19 heavy (non-hydrogen) atoms. The summed E-state index contributed by atoms with van der Waals surface area (Å²) >= 11 is 0. The van der Waals surface area contributed by atoms with Crippen molar-refractivity contribution in [3.05, 3.63) is 29.3 Å². The zero-order valence-electron chi connectivity index (χ0n) is 12.7. The van der Waals surface area contributed by atoms with Gasteiger partial charge in [-0.15, -0.1) is 0 Å². The maximum absolute atomic E-state index is 12.6. The predicted molar refractivity (Wildman–Crippen MR) is 80.3 cm³/mol. The summed E-state index contributed by atoms with van der Waals surface area (Å²) in [5.41, 5.74) is 1.69. The summed E-state index contributed by atoms with van der Waals surface area (Å²) in [5, 5.41) is 3.12. The molecule has 0 amide bonds. The second-order valence-corrected chi connectivity index (χ2v) is 8.26. The van der Waals surface area contributed by atoms with Crippen molar-refractivity contribution in [3.8, 4) is 0 Å². The van der Waals surface area contributed by atoms with Gasteiger partial charge in [-0.2, -0.15) is 0 Å². The molecule has 0 heterocycles. The lowest BCUT2D eigenvalue weighted by Crippen LogP contribution is -2.43. The highest BCUT2D eigenvalue weighted by Gasteiger charge is 2.29. The summed E-state index contributed by atoms with van der Waals surface area (Å²) in [6.07, 6.45) is 0. The molecule has 0 aliphatic rings. The van der Waals surface area contributed by atoms with E-state index in [1.807, 2.05) is 53.8 Å². The first-order valence-electron chi connectivity index (χ1n) is 6.55. The third-order valence-electron chi connectivity index (χ3n) is 3.46. The third-order valence-corrected chi connectivity index (χ3v) is 5.34. The lowest BCUT2D eigenvalue weighted by molar-refractivity contribution is 0.302. The normalized spacial score (nSPS) is 14.4. The summed E-state index contributed by atoms with van der Waals surface area (Å²) in [6, 6.07) is 5.50. The quantitative estimate of drug-likeness (QED) is 0.924. The van der Waals surface area contributed by atoms with E-state index in [1.165, 1.54) is 0 Å². The first kappa shape index (κ1) is 16.2. The summed E-state index contributed by atoms with van der Waals surface area (Å²) in [5.74, 6) is 0.122. The van der Waals surface area contributed by atoms with Gasteiger partial charge >= 0.3 is 0 Å². The highest BCUT2D eigenvalue weighted by molar-refractivity contribution is 7.91. The molecular formula is C15H25NO2S. The van der Waals surface area contributed by atoms with Crippen LogP contribution in [-0.4, -0.2) is 27.3 Å². The Morgan fingerprint density at radius 3 is 2.26 bits per heavy atom. The average Bonchev–Trinajstić information content (AvgIpc) is 2.27. The first-order valence-corrected chi connectivity index (χ1v) is 8.20. The minimum Gasteiger partial charge on any atom is -0.315 e. The van der Waals surface area contributed by atoms with Crippen molar-refractivity contribution in [2.75, 3.05) is 12.8 Å². The Kier molecular flexibility index (Phi) is 4.80. The van der Waals surface area contributed by atoms with Crippen molar-refractivity contribution >= 4 is 9.84 Å². The SMILES string of the molecule is CNC(CS(=O)(=O)c1cc(C)ccc1C)C(C)(C)C. The van der Waals surface area contributed by atoms with Crippen LogP contribution in [-0.2, 0) is 9.84 Å². The van der Waals surface area contributed by atoms with E-state index >= 15 is 0 Å². The van der Waals surface area contributed by atoms with Gasteiger partial charge in [-0.05, 0) is 43.5 Å². The van der Waals surface area contributed by atoms with E-state index in [-0.39, 0.29) is 17.2 Å². The Morgan fingerprint density at radius 2 is 1.79 bits per heavy atom. The summed E-state index contributed by atoms with van der Waals surface area (Å²) in [6.45, 7) is 9.90. The van der Waals surface area contributed by atoms with E-state index < -0.39 is 9.84 Å². The smallest absolute Gasteiger partial charge is 0.180 e. The van der Waals surface area contributed by atoms with E-state index in [0.717, 1.165) is 11.1 Å². The molecule has 3 nitrogen and oxygen atoms in total. The fourth-order valence-electron chi connectivity index (χ4n) is 2.12. The van der Waals surface area contributed by atoms with Gasteiger partial charge < -0.3 is 5.32 Å². The molecule has 1 aromatic rings. The van der Waals surface area contributed by atoms with Crippen LogP contribution in [0.15, 0.2) is 23.1 Å². The van der Waals surface area contributed by atoms with Crippen LogP contribution in [0.2, 0.25) is 0 Å². The highest BCUT2D eigenvalue weighted by Crippen LogP contribution is 2.25. The second kappa shape index (κ2) is 5.63. The fourth-order valence-corrected chi connectivity index (χ4v) is 4.33. The number of hydrogen-bond acceptors (Lipinski definition) is 3. The van der Waals surface area contributed by atoms with Crippen molar-refractivity contribution < 1.29 is 8.42 Å². The second-order valence-electron chi connectivity index (χ2n) is 6.26. The van der Waals surface area contributed by atoms with E-state index in [1.54, 1.807) is 6.07 Å². The van der Waals surface area contributed by atoms with Crippen LogP contribution < -0.4 is 5.32 Å². The number of rotatable bonds is 4. The third kappa shape index (κ3) is 4.05. The van der Waals surface area contributed by atoms with E-state index in [9.17, 15) is 8.42 Å². The molecule has 0 saturated heterocycles. The van der Waals surface area contributed by atoms with Gasteiger partial charge in [-0.25, -0.2) is 8.42 Å². The van der Waals surface area contributed by atoms with Gasteiger partial charge in [0.1, 0.15) is 0 Å². The standard InChI is InChI=1S/C15H25NO2S/c1-11-7-8-12(2)13(9-11)19(17,18)10-14(16-6)15(3,4)5/h7-9,14,16H,10H2,1-6H3. The lowest BCUT2D eigenvalue weighted by Gasteiger charge is -2.30. The van der Waals surface area contributed by atoms with Crippen molar-refractivity contribution in [1.29, 1.82) is 0 Å². The Bertz CT molecular complexity index is 542. The molecule has 1 atom stereocenters. The van der Waals surface area contributed by atoms with Crippen LogP contribution in [0.5, 0.6) is 0 Å². The number of benzene rings is 1. The minimum atomic E-state index is -3.27. The Morgan fingerprint density at radius 1 is 1.21 bits per heavy atom. The van der Waals surface area contributed by atoms with Crippen molar-refractivity contribution in [2.45, 2.75) is 45.6 Å². The Hall–Kier alpha value is -0.870. The topological polar surface area (TPSA) is 46.2 Å². The highest BCUT2D eigenvalue weighted by atomic mass is 32.2. The average molecular weight is 283 g/mol. The van der Waals surface area contributed by atoms with Crippen LogP contribution >= 0.6 is 0 Å². The molecule has 0 spiro atoms. The Labute approximate surface area is 117 Å². The predicted octanol–water partition coefficient (Wildman–Crippen LogP) is 2.71. The number of hydrogen-bond donors (Lipinski definition) is 1. The molecule has 4 heteroatoms. The summed E-state index contributed by atoms with van der Waals surface area (Å²) < 4.78 is 25.2. The van der Waals surface area contributed by atoms with Gasteiger partial charge in [0.2, 0.25) is 0 Å². The number of aryl methyl sites for hydroxylation is 2. The van der Waals surface area contributed by atoms with Gasteiger partial charge in [0.05, 0.1) is 10.6 Å². The van der Waals surface area contributed by atoms with E-state index in [2.05, 4.69) is 5.32 Å². The molecule has 108 valence electrons. The van der Waals surface area contributed by atoms with Crippen molar-refractivity contribution in [3.63, 3.8) is 0 Å². The van der Waals surface area contributed by atoms with Gasteiger partial charge in [0.15, 0.2) is 9.84 Å². The van der Waals surface area contributed by atoms with Crippen LogP contribution in [0.4, 0.5) is 0 Å². The van der Waals surface area contributed by atoms with Crippen LogP contribution in [0.3, 0.4) is 0 Å². The molecular weight excluding hydrogens is 258 g/mol. The first-order chi connectivity index (χ1) is 8.58. The molecule has 1 N–H and O–H groups in total. The van der Waals surface area contributed by atoms with Crippen LogP contribution in [0.1, 0.15) is 31.9 Å². The van der Waals surface area contributed by atoms with Gasteiger partial charge in [0.25, 0.3) is 0 Å². The maximum atomic E-state index is 12.6. The molecule has 0 aliphatic carbocycles. The largest absolute Gasteiger partial charge is 0.315 e. The fraction of sp³-hybridized carbons (Fsp3) is 0.600. The summed E-state index contributed by atoms with van der Waals surface area (Å²) in [4.78, 5) is 0.456. The molecule has 0 aliphatic heterocycles. The van der Waals surface area contributed by atoms with Gasteiger partial charge in [-0.1, -0.05) is 32.9 Å². The molecule has 0 aromatic heterocycles. The van der Waals surface area contributed by atoms with E-state index in [0.29, 0.717) is 4.90 Å². The molecule has 0 fully saturated rings. The minimum absolute atomic E-state index is 0.0718. The maximum Gasteiger partial charge on any atom is 0.180 e. The number of nitrogens with one attached hydrogen (secondary N) is 1. The monoisotopic (exact) mass is 283 g/mol. The molecule has 1 aromatic carbocycles. The van der Waals surface area contributed by atoms with Gasteiger partial charge in [0, 0.05) is 6.04 Å². The van der Waals surface area contributed by atoms with Crippen LogP contribution in [0.25, 0.3) is 0 Å². The zero-order chi connectivity index (χ0) is 14.8. The van der Waals surface area contributed by atoms with Crippen LogP contribution in [0, 0.1) is 19.3 Å². The van der Waals surface area contributed by atoms with Crippen molar-refractivity contribution in [1.82, 2.24) is 5.32 Å². The molecule has 0 saturated carbocycles. The van der Waals surface area contributed by atoms with E-state index in [4.69, 9.17) is 0 Å². The van der Waals surface area contributed by atoms with Gasteiger partial charge in [-0.3, -0.25) is 0 Å². The lowest BCUT2D eigenvalue weighted by atomic mass is 9.88. The number of sulfone groups is 1. The molecule has 0 radical (unpaired) electrons. The zero-order valence-corrected chi connectivity index (χ0v) is 13.6. The Balaban J connectivity index is 3.14. The summed E-state index contributed by atoms with van der Waals surface area (Å²) in [7, 11) is -1.46. The molecule has 0 bridgehead atoms. The molecule has 1 unspecified atom stereocenters. The molecule has 1 rings (SSSR count).